The summed E-state index contributed by atoms with van der Waals surface area (Å²) in [6, 6.07) is -1.42. The van der Waals surface area contributed by atoms with E-state index in [-0.39, 0.29) is 31.3 Å². The number of aliphatic hydroxyl groups excluding tert-OH is 1. The average Bonchev–Trinajstić information content (AvgIpc) is 3.07. The van der Waals surface area contributed by atoms with Crippen molar-refractivity contribution in [3.8, 4) is 0 Å². The number of aliphatic hydroxyl groups is 2. The summed E-state index contributed by atoms with van der Waals surface area (Å²) in [6.45, 7) is 11.2. The Bertz CT molecular complexity index is 832. The molecule has 0 bridgehead atoms. The molecule has 0 aromatic rings. The van der Waals surface area contributed by atoms with Crippen molar-refractivity contribution in [2.45, 2.75) is 93.6 Å². The van der Waals surface area contributed by atoms with Gasteiger partial charge in [-0.25, -0.2) is 14.6 Å². The van der Waals surface area contributed by atoms with E-state index in [1.807, 2.05) is 18.8 Å². The normalized spacial score (nSPS) is 22.7. The van der Waals surface area contributed by atoms with Crippen LogP contribution in [0.1, 0.15) is 61.3 Å². The van der Waals surface area contributed by atoms with Crippen molar-refractivity contribution in [2.24, 2.45) is 10.9 Å². The van der Waals surface area contributed by atoms with Gasteiger partial charge in [-0.15, -0.1) is 35.3 Å². The fourth-order valence-corrected chi connectivity index (χ4v) is 7.98. The predicted octanol–water partition coefficient (Wildman–Crippen LogP) is 3.14. The first-order valence-corrected chi connectivity index (χ1v) is 15.8. The van der Waals surface area contributed by atoms with Gasteiger partial charge in [0.2, 0.25) is 11.9 Å². The smallest absolute Gasteiger partial charge is 0.414 e. The van der Waals surface area contributed by atoms with Crippen molar-refractivity contribution in [1.82, 2.24) is 16.0 Å². The number of nitrogens with one attached hydrogen (secondary N) is 3. The van der Waals surface area contributed by atoms with E-state index in [1.165, 1.54) is 42.2 Å². The summed E-state index contributed by atoms with van der Waals surface area (Å²) in [5, 5.41) is 29.8. The molecule has 0 aromatic carbocycles. The van der Waals surface area contributed by atoms with E-state index in [1.54, 1.807) is 41.5 Å². The SMILES string of the molecule is CSC(SC)(SC)C1(O)CC(N=C(NC(=O)OC(C)(C)C)NC(=O)OC(C)(C)C)C(C(CO)NC(C)=O)C1. The Morgan fingerprint density at radius 2 is 1.39 bits per heavy atom. The number of guanidine groups is 1. The van der Waals surface area contributed by atoms with Gasteiger partial charge in [-0.2, -0.15) is 0 Å². The van der Waals surface area contributed by atoms with Crippen molar-refractivity contribution in [3.05, 3.63) is 0 Å². The topological polar surface area (TPSA) is 159 Å². The van der Waals surface area contributed by atoms with E-state index in [0.29, 0.717) is 0 Å². The van der Waals surface area contributed by atoms with Gasteiger partial charge in [0.05, 0.1) is 18.7 Å². The fraction of sp³-hybridized carbons (Fsp3) is 0.833. The molecule has 0 saturated heterocycles. The van der Waals surface area contributed by atoms with Crippen LogP contribution < -0.4 is 16.0 Å². The Morgan fingerprint density at radius 3 is 1.74 bits per heavy atom. The van der Waals surface area contributed by atoms with Crippen molar-refractivity contribution in [1.29, 1.82) is 0 Å². The number of amides is 3. The number of ether oxygens (including phenoxy) is 2. The van der Waals surface area contributed by atoms with Gasteiger partial charge in [0, 0.05) is 19.3 Å². The number of aliphatic imine (C=N–C) groups is 1. The van der Waals surface area contributed by atoms with Crippen LogP contribution in [0.2, 0.25) is 0 Å². The number of thioether (sulfide) groups is 3. The van der Waals surface area contributed by atoms with Crippen LogP contribution in [0.25, 0.3) is 0 Å². The lowest BCUT2D eigenvalue weighted by atomic mass is 9.93. The Balaban J connectivity index is 3.55. The predicted molar refractivity (Wildman–Crippen MR) is 156 cm³/mol. The van der Waals surface area contributed by atoms with Crippen LogP contribution in [-0.4, -0.2) is 91.9 Å². The molecule has 0 aromatic heterocycles. The molecule has 1 saturated carbocycles. The molecule has 4 atom stereocenters. The zero-order chi connectivity index (χ0) is 29.5. The molecule has 0 spiro atoms. The quantitative estimate of drug-likeness (QED) is 0.160. The third-order valence-electron chi connectivity index (χ3n) is 5.63. The highest BCUT2D eigenvalue weighted by atomic mass is 32.3. The molecule has 4 unspecified atom stereocenters. The monoisotopic (exact) mass is 596 g/mol. The highest BCUT2D eigenvalue weighted by molar-refractivity contribution is 8.33. The molecule has 0 heterocycles. The summed E-state index contributed by atoms with van der Waals surface area (Å²) in [6.07, 6.45) is 4.40. The zero-order valence-corrected chi connectivity index (χ0v) is 26.4. The molecule has 220 valence electrons. The number of alkyl carbamates (subject to hydrolysis) is 2. The van der Waals surface area contributed by atoms with Crippen molar-refractivity contribution in [3.63, 3.8) is 0 Å². The van der Waals surface area contributed by atoms with Crippen LogP contribution in [-0.2, 0) is 14.3 Å². The second kappa shape index (κ2) is 13.8. The summed E-state index contributed by atoms with van der Waals surface area (Å²) in [4.78, 5) is 41.7. The Morgan fingerprint density at radius 1 is 0.947 bits per heavy atom. The fourth-order valence-electron chi connectivity index (χ4n) is 4.34. The van der Waals surface area contributed by atoms with E-state index in [4.69, 9.17) is 9.47 Å². The van der Waals surface area contributed by atoms with Crippen LogP contribution in [0.3, 0.4) is 0 Å². The zero-order valence-electron chi connectivity index (χ0n) is 24.0. The van der Waals surface area contributed by atoms with Crippen molar-refractivity contribution < 1.29 is 34.1 Å². The molecule has 1 fully saturated rings. The molecule has 38 heavy (non-hydrogen) atoms. The van der Waals surface area contributed by atoms with Gasteiger partial charge in [-0.05, 0) is 66.7 Å². The molecule has 14 heteroatoms. The van der Waals surface area contributed by atoms with Gasteiger partial charge in [0.25, 0.3) is 0 Å². The summed E-state index contributed by atoms with van der Waals surface area (Å²) in [7, 11) is 0. The number of rotatable bonds is 8. The van der Waals surface area contributed by atoms with E-state index >= 15 is 0 Å². The van der Waals surface area contributed by atoms with Crippen molar-refractivity contribution >= 4 is 59.3 Å². The minimum Gasteiger partial charge on any atom is -0.444 e. The first kappa shape index (κ1) is 34.7. The van der Waals surface area contributed by atoms with Gasteiger partial charge in [0.15, 0.2) is 0 Å². The van der Waals surface area contributed by atoms with Crippen LogP contribution in [0, 0.1) is 5.92 Å². The lowest BCUT2D eigenvalue weighted by molar-refractivity contribution is -0.120. The molecule has 1 aliphatic carbocycles. The maximum Gasteiger partial charge on any atom is 0.414 e. The van der Waals surface area contributed by atoms with Crippen LogP contribution >= 0.6 is 35.3 Å². The molecule has 5 N–H and O–H groups in total. The highest BCUT2D eigenvalue weighted by Crippen LogP contribution is 2.58. The van der Waals surface area contributed by atoms with Crippen LogP contribution in [0.4, 0.5) is 9.59 Å². The standard InChI is InChI=1S/C24H44N4O7S3/c1-14(30)25-17(13-29)15-11-23(33,24(36-8,37-9)38-10)12-16(15)26-18(27-19(31)34-21(2,3)4)28-20(32)35-22(5,6)7/h15-17,29,33H,11-13H2,1-10H3,(H,25,30)(H2,26,27,28,31,32). The van der Waals surface area contributed by atoms with E-state index < -0.39 is 50.4 Å². The molecule has 0 aliphatic heterocycles. The van der Waals surface area contributed by atoms with E-state index in [9.17, 15) is 24.6 Å². The maximum atomic E-state index is 12.6. The number of carbonyl (C=O) groups is 3. The third kappa shape index (κ3) is 10.00. The van der Waals surface area contributed by atoms with Crippen LogP contribution in [0.15, 0.2) is 4.99 Å². The van der Waals surface area contributed by atoms with Crippen molar-refractivity contribution in [2.75, 3.05) is 25.4 Å². The molecule has 1 rings (SSSR count). The molecule has 11 nitrogen and oxygen atoms in total. The summed E-state index contributed by atoms with van der Waals surface area (Å²) in [5.41, 5.74) is -2.88. The summed E-state index contributed by atoms with van der Waals surface area (Å²) in [5.74, 6) is -1.09. The maximum absolute atomic E-state index is 12.6. The first-order chi connectivity index (χ1) is 17.3. The summed E-state index contributed by atoms with van der Waals surface area (Å²) >= 11 is 4.51. The van der Waals surface area contributed by atoms with E-state index in [2.05, 4.69) is 20.9 Å². The molecule has 1 aliphatic rings. The van der Waals surface area contributed by atoms with Gasteiger partial charge in [-0.3, -0.25) is 15.4 Å². The van der Waals surface area contributed by atoms with Crippen LogP contribution in [0.5, 0.6) is 0 Å². The summed E-state index contributed by atoms with van der Waals surface area (Å²) < 4.78 is 10.00. The minimum atomic E-state index is -1.26. The number of carbonyl (C=O) groups excluding carboxylic acids is 3. The van der Waals surface area contributed by atoms with Gasteiger partial charge < -0.3 is 25.0 Å². The second-order valence-corrected chi connectivity index (χ2v) is 14.9. The lowest BCUT2D eigenvalue weighted by Gasteiger charge is -2.42. The highest BCUT2D eigenvalue weighted by Gasteiger charge is 2.58. The molecular weight excluding hydrogens is 552 g/mol. The first-order valence-electron chi connectivity index (χ1n) is 12.2. The van der Waals surface area contributed by atoms with Gasteiger partial charge in [-0.1, -0.05) is 0 Å². The number of hydrogen-bond donors (Lipinski definition) is 5. The van der Waals surface area contributed by atoms with E-state index in [0.717, 1.165) is 0 Å². The molecule has 0 radical (unpaired) electrons. The minimum absolute atomic E-state index is 0.145. The number of hydrogen-bond acceptors (Lipinski definition) is 11. The second-order valence-electron chi connectivity index (χ2n) is 11.1. The van der Waals surface area contributed by atoms with Gasteiger partial charge >= 0.3 is 12.2 Å². The Hall–Kier alpha value is -1.35. The average molecular weight is 597 g/mol. The Labute approximate surface area is 238 Å². The largest absolute Gasteiger partial charge is 0.444 e. The lowest BCUT2D eigenvalue weighted by Crippen LogP contribution is -2.49. The third-order valence-corrected chi connectivity index (χ3v) is 11.4. The number of nitrogens with zero attached hydrogens (tertiary/aromatic N) is 1. The molecular formula is C24H44N4O7S3. The van der Waals surface area contributed by atoms with Gasteiger partial charge in [0.1, 0.15) is 20.2 Å². The molecule has 3 amide bonds. The Kier molecular flexibility index (Phi) is 12.6.